The molecule has 0 saturated carbocycles. The summed E-state index contributed by atoms with van der Waals surface area (Å²) >= 11 is 0. The van der Waals surface area contributed by atoms with Crippen molar-refractivity contribution in [2.24, 2.45) is 0 Å². The van der Waals surface area contributed by atoms with Gasteiger partial charge in [-0.15, -0.1) is 0 Å². The van der Waals surface area contributed by atoms with E-state index in [2.05, 4.69) is 10.6 Å². The van der Waals surface area contributed by atoms with Crippen molar-refractivity contribution in [3.05, 3.63) is 29.8 Å². The van der Waals surface area contributed by atoms with Crippen molar-refractivity contribution >= 4 is 6.03 Å². The summed E-state index contributed by atoms with van der Waals surface area (Å²) in [5, 5.41) is 14.5. The van der Waals surface area contributed by atoms with Crippen LogP contribution < -0.4 is 15.4 Å². The van der Waals surface area contributed by atoms with Gasteiger partial charge in [0.25, 0.3) is 0 Å². The Hall–Kier alpha value is -1.75. The molecule has 0 aromatic heterocycles. The van der Waals surface area contributed by atoms with Crippen LogP contribution >= 0.6 is 0 Å². The standard InChI is InChI=1S/C16H26N2O3/c1-4-14(9-10-19)18-16(20)17-11-13-5-7-15(8-6-13)21-12(2)3/h5-8,12,14,19H,4,9-11H2,1-3H3,(H2,17,18,20). The average Bonchev–Trinajstić information content (AvgIpc) is 2.45. The van der Waals surface area contributed by atoms with Gasteiger partial charge in [-0.25, -0.2) is 4.79 Å². The van der Waals surface area contributed by atoms with Crippen LogP contribution in [0.25, 0.3) is 0 Å². The zero-order valence-electron chi connectivity index (χ0n) is 13.1. The molecule has 1 aromatic carbocycles. The number of aliphatic hydroxyl groups excluding tert-OH is 1. The fourth-order valence-corrected chi connectivity index (χ4v) is 1.91. The number of carbonyl (C=O) groups excluding carboxylic acids is 1. The minimum absolute atomic E-state index is 0.0109. The highest BCUT2D eigenvalue weighted by atomic mass is 16.5. The van der Waals surface area contributed by atoms with E-state index in [0.29, 0.717) is 13.0 Å². The van der Waals surface area contributed by atoms with E-state index >= 15 is 0 Å². The highest BCUT2D eigenvalue weighted by Gasteiger charge is 2.09. The molecular formula is C16H26N2O3. The van der Waals surface area contributed by atoms with E-state index in [1.54, 1.807) is 0 Å². The quantitative estimate of drug-likeness (QED) is 0.689. The first-order chi connectivity index (χ1) is 10.0. The number of hydrogen-bond donors (Lipinski definition) is 3. The van der Waals surface area contributed by atoms with Crippen LogP contribution in [-0.2, 0) is 6.54 Å². The number of amides is 2. The van der Waals surface area contributed by atoms with E-state index in [0.717, 1.165) is 17.7 Å². The molecule has 0 bridgehead atoms. The fourth-order valence-electron chi connectivity index (χ4n) is 1.91. The molecule has 0 fully saturated rings. The van der Waals surface area contributed by atoms with Crippen molar-refractivity contribution < 1.29 is 14.6 Å². The smallest absolute Gasteiger partial charge is 0.315 e. The third kappa shape index (κ3) is 6.99. The molecule has 0 heterocycles. The first-order valence-corrected chi connectivity index (χ1v) is 7.46. The Morgan fingerprint density at radius 3 is 2.48 bits per heavy atom. The molecule has 2 amide bonds. The lowest BCUT2D eigenvalue weighted by Crippen LogP contribution is -2.41. The van der Waals surface area contributed by atoms with E-state index < -0.39 is 0 Å². The Balaban J connectivity index is 2.38. The van der Waals surface area contributed by atoms with Gasteiger partial charge < -0.3 is 20.5 Å². The van der Waals surface area contributed by atoms with Crippen LogP contribution in [0.3, 0.4) is 0 Å². The van der Waals surface area contributed by atoms with Crippen LogP contribution in [0.1, 0.15) is 39.2 Å². The van der Waals surface area contributed by atoms with Crippen LogP contribution in [0, 0.1) is 0 Å². The molecule has 0 aliphatic carbocycles. The summed E-state index contributed by atoms with van der Waals surface area (Å²) < 4.78 is 5.57. The van der Waals surface area contributed by atoms with Gasteiger partial charge in [0, 0.05) is 19.2 Å². The molecule has 5 heteroatoms. The van der Waals surface area contributed by atoms with Crippen LogP contribution in [0.5, 0.6) is 5.75 Å². The highest BCUT2D eigenvalue weighted by Crippen LogP contribution is 2.13. The molecule has 0 saturated heterocycles. The molecule has 0 spiro atoms. The van der Waals surface area contributed by atoms with Crippen molar-refractivity contribution in [3.63, 3.8) is 0 Å². The molecule has 1 aromatic rings. The zero-order valence-corrected chi connectivity index (χ0v) is 13.1. The Morgan fingerprint density at radius 1 is 1.29 bits per heavy atom. The normalized spacial score (nSPS) is 12.0. The molecule has 1 atom stereocenters. The van der Waals surface area contributed by atoms with Crippen LogP contribution in [0.15, 0.2) is 24.3 Å². The third-order valence-electron chi connectivity index (χ3n) is 3.05. The largest absolute Gasteiger partial charge is 0.491 e. The van der Waals surface area contributed by atoms with Crippen molar-refractivity contribution in [1.29, 1.82) is 0 Å². The summed E-state index contributed by atoms with van der Waals surface area (Å²) in [5.41, 5.74) is 1.01. The Kier molecular flexibility index (Phi) is 7.61. The van der Waals surface area contributed by atoms with E-state index in [9.17, 15) is 4.79 Å². The summed E-state index contributed by atoms with van der Waals surface area (Å²) in [6.07, 6.45) is 1.53. The molecule has 1 rings (SSSR count). The van der Waals surface area contributed by atoms with Gasteiger partial charge in [0.05, 0.1) is 6.10 Å². The second-order valence-electron chi connectivity index (χ2n) is 5.26. The lowest BCUT2D eigenvalue weighted by Gasteiger charge is -2.16. The number of rotatable bonds is 8. The summed E-state index contributed by atoms with van der Waals surface area (Å²) in [6.45, 7) is 6.49. The Bertz CT molecular complexity index is 418. The lowest BCUT2D eigenvalue weighted by atomic mass is 10.1. The minimum atomic E-state index is -0.210. The number of ether oxygens (including phenoxy) is 1. The van der Waals surface area contributed by atoms with E-state index in [-0.39, 0.29) is 24.8 Å². The van der Waals surface area contributed by atoms with Gasteiger partial charge in [0.1, 0.15) is 5.75 Å². The number of urea groups is 1. The summed E-state index contributed by atoms with van der Waals surface area (Å²) in [5.74, 6) is 0.826. The maximum Gasteiger partial charge on any atom is 0.315 e. The first-order valence-electron chi connectivity index (χ1n) is 7.46. The van der Waals surface area contributed by atoms with Gasteiger partial charge in [-0.05, 0) is 44.4 Å². The van der Waals surface area contributed by atoms with Gasteiger partial charge in [-0.2, -0.15) is 0 Å². The summed E-state index contributed by atoms with van der Waals surface area (Å²) in [6, 6.07) is 7.46. The molecule has 21 heavy (non-hydrogen) atoms. The first kappa shape index (κ1) is 17.3. The van der Waals surface area contributed by atoms with Crippen LogP contribution in [-0.4, -0.2) is 29.9 Å². The maximum absolute atomic E-state index is 11.7. The monoisotopic (exact) mass is 294 g/mol. The minimum Gasteiger partial charge on any atom is -0.491 e. The molecule has 118 valence electrons. The van der Waals surface area contributed by atoms with Gasteiger partial charge in [-0.3, -0.25) is 0 Å². The molecule has 3 N–H and O–H groups in total. The molecular weight excluding hydrogens is 268 g/mol. The van der Waals surface area contributed by atoms with Crippen molar-refractivity contribution in [2.45, 2.75) is 52.3 Å². The topological polar surface area (TPSA) is 70.6 Å². The van der Waals surface area contributed by atoms with Gasteiger partial charge in [0.2, 0.25) is 0 Å². The zero-order chi connectivity index (χ0) is 15.7. The fraction of sp³-hybridized carbons (Fsp3) is 0.562. The summed E-state index contributed by atoms with van der Waals surface area (Å²) in [4.78, 5) is 11.7. The Labute approximate surface area is 126 Å². The molecule has 5 nitrogen and oxygen atoms in total. The van der Waals surface area contributed by atoms with E-state index in [1.807, 2.05) is 45.0 Å². The average molecular weight is 294 g/mol. The highest BCUT2D eigenvalue weighted by molar-refractivity contribution is 5.74. The summed E-state index contributed by atoms with van der Waals surface area (Å²) in [7, 11) is 0. The molecule has 0 aliphatic rings. The van der Waals surface area contributed by atoms with Gasteiger partial charge in [-0.1, -0.05) is 19.1 Å². The van der Waals surface area contributed by atoms with Crippen LogP contribution in [0.2, 0.25) is 0 Å². The van der Waals surface area contributed by atoms with Gasteiger partial charge in [0.15, 0.2) is 0 Å². The van der Waals surface area contributed by atoms with Crippen molar-refractivity contribution in [3.8, 4) is 5.75 Å². The van der Waals surface area contributed by atoms with Gasteiger partial charge >= 0.3 is 6.03 Å². The predicted octanol–water partition coefficient (Wildman–Crippen LogP) is 2.43. The number of hydrogen-bond acceptors (Lipinski definition) is 3. The number of nitrogens with one attached hydrogen (secondary N) is 2. The second kappa shape index (κ2) is 9.23. The second-order valence-corrected chi connectivity index (χ2v) is 5.26. The number of carbonyl (C=O) groups is 1. The maximum atomic E-state index is 11.7. The lowest BCUT2D eigenvalue weighted by molar-refractivity contribution is 0.227. The predicted molar refractivity (Wildman–Crippen MR) is 83.4 cm³/mol. The third-order valence-corrected chi connectivity index (χ3v) is 3.05. The number of aliphatic hydroxyl groups is 1. The van der Waals surface area contributed by atoms with E-state index in [1.165, 1.54) is 0 Å². The van der Waals surface area contributed by atoms with Crippen molar-refractivity contribution in [1.82, 2.24) is 10.6 Å². The SMILES string of the molecule is CCC(CCO)NC(=O)NCc1ccc(OC(C)C)cc1. The van der Waals surface area contributed by atoms with Crippen molar-refractivity contribution in [2.75, 3.05) is 6.61 Å². The van der Waals surface area contributed by atoms with Crippen LogP contribution in [0.4, 0.5) is 4.79 Å². The molecule has 1 unspecified atom stereocenters. The number of benzene rings is 1. The molecule has 0 radical (unpaired) electrons. The van der Waals surface area contributed by atoms with E-state index in [4.69, 9.17) is 9.84 Å². The molecule has 0 aliphatic heterocycles. The Morgan fingerprint density at radius 2 is 1.95 bits per heavy atom.